The molecule has 7 nitrogen and oxygen atoms in total. The Morgan fingerprint density at radius 1 is 1.21 bits per heavy atom. The van der Waals surface area contributed by atoms with E-state index in [4.69, 9.17) is 9.26 Å². The fourth-order valence-electron chi connectivity index (χ4n) is 3.32. The van der Waals surface area contributed by atoms with E-state index < -0.39 is 0 Å². The summed E-state index contributed by atoms with van der Waals surface area (Å²) < 4.78 is 24.2. The highest BCUT2D eigenvalue weighted by Crippen LogP contribution is 2.21. The Hall–Kier alpha value is -2.45. The first kappa shape index (κ1) is 21.3. The van der Waals surface area contributed by atoms with Crippen molar-refractivity contribution < 1.29 is 13.7 Å². The van der Waals surface area contributed by atoms with Crippen LogP contribution in [0.5, 0.6) is 0 Å². The molecule has 158 valence electrons. The summed E-state index contributed by atoms with van der Waals surface area (Å²) >= 11 is 0. The predicted octanol–water partition coefficient (Wildman–Crippen LogP) is 2.50. The van der Waals surface area contributed by atoms with E-state index in [1.807, 2.05) is 32.0 Å². The number of morpholine rings is 1. The molecule has 2 N–H and O–H groups in total. The van der Waals surface area contributed by atoms with Crippen LogP contribution in [0, 0.1) is 5.82 Å². The Bertz CT molecular complexity index is 772. The predicted molar refractivity (Wildman–Crippen MR) is 110 cm³/mol. The highest BCUT2D eigenvalue weighted by atomic mass is 19.1. The van der Waals surface area contributed by atoms with Gasteiger partial charge < -0.3 is 19.9 Å². The summed E-state index contributed by atoms with van der Waals surface area (Å²) in [5, 5.41) is 10.7. The lowest BCUT2D eigenvalue weighted by Crippen LogP contribution is -2.46. The van der Waals surface area contributed by atoms with Crippen LogP contribution < -0.4 is 10.6 Å². The van der Waals surface area contributed by atoms with E-state index >= 15 is 0 Å². The van der Waals surface area contributed by atoms with E-state index in [1.54, 1.807) is 0 Å². The molecule has 1 aliphatic rings. The lowest BCUT2D eigenvalue weighted by molar-refractivity contribution is 0.0170. The lowest BCUT2D eigenvalue weighted by atomic mass is 10.0. The molecule has 1 fully saturated rings. The van der Waals surface area contributed by atoms with Crippen LogP contribution in [0.4, 0.5) is 4.39 Å². The molecule has 1 unspecified atom stereocenters. The maximum atomic E-state index is 13.4. The van der Waals surface area contributed by atoms with Crippen LogP contribution >= 0.6 is 0 Å². The average Bonchev–Trinajstić information content (AvgIpc) is 3.22. The third kappa shape index (κ3) is 6.27. The maximum Gasteiger partial charge on any atom is 0.191 e. The number of hydrogen-bond donors (Lipinski definition) is 2. The van der Waals surface area contributed by atoms with Gasteiger partial charge in [-0.1, -0.05) is 24.2 Å². The third-order valence-corrected chi connectivity index (χ3v) is 4.91. The van der Waals surface area contributed by atoms with Gasteiger partial charge in [-0.2, -0.15) is 0 Å². The Morgan fingerprint density at radius 3 is 2.62 bits per heavy atom. The van der Waals surface area contributed by atoms with Gasteiger partial charge in [-0.15, -0.1) is 0 Å². The number of aliphatic imine (C=N–C) groups is 1. The fraction of sp³-hybridized carbons (Fsp3) is 0.524. The van der Waals surface area contributed by atoms with Gasteiger partial charge in [-0.05, 0) is 31.0 Å². The van der Waals surface area contributed by atoms with E-state index in [2.05, 4.69) is 25.7 Å². The van der Waals surface area contributed by atoms with Gasteiger partial charge in [0, 0.05) is 32.2 Å². The van der Waals surface area contributed by atoms with E-state index in [-0.39, 0.29) is 11.9 Å². The minimum atomic E-state index is -0.226. The van der Waals surface area contributed by atoms with E-state index in [0.29, 0.717) is 32.3 Å². The molecule has 0 spiro atoms. The quantitative estimate of drug-likeness (QED) is 0.521. The number of ether oxygens (including phenoxy) is 1. The first-order valence-electron chi connectivity index (χ1n) is 10.2. The Labute approximate surface area is 171 Å². The molecule has 0 bridgehead atoms. The van der Waals surface area contributed by atoms with Crippen molar-refractivity contribution in [1.29, 1.82) is 0 Å². The van der Waals surface area contributed by atoms with Gasteiger partial charge in [0.15, 0.2) is 11.7 Å². The third-order valence-electron chi connectivity index (χ3n) is 4.91. The number of nitrogens with one attached hydrogen (secondary N) is 2. The van der Waals surface area contributed by atoms with Gasteiger partial charge in [0.05, 0.1) is 24.9 Å². The maximum absolute atomic E-state index is 13.4. The van der Waals surface area contributed by atoms with Gasteiger partial charge >= 0.3 is 0 Å². The number of hydrogen-bond acceptors (Lipinski definition) is 5. The molecule has 1 aromatic carbocycles. The van der Waals surface area contributed by atoms with Gasteiger partial charge in [0.2, 0.25) is 0 Å². The SMILES string of the molecule is CCNC(=NCc1cc(CC)no1)NCC(c1ccc(F)cc1)N1CCOCC1. The molecule has 1 saturated heterocycles. The van der Waals surface area contributed by atoms with Crippen LogP contribution in [0.15, 0.2) is 39.8 Å². The molecule has 3 rings (SSSR count). The second kappa shape index (κ2) is 10.9. The van der Waals surface area contributed by atoms with Crippen molar-refractivity contribution in [1.82, 2.24) is 20.7 Å². The summed E-state index contributed by atoms with van der Waals surface area (Å²) in [6, 6.07) is 8.75. The van der Waals surface area contributed by atoms with Crippen molar-refractivity contribution in [2.75, 3.05) is 39.4 Å². The number of rotatable bonds is 8. The average molecular weight is 404 g/mol. The molecule has 8 heteroatoms. The molecular formula is C21H30FN5O2. The van der Waals surface area contributed by atoms with E-state index in [9.17, 15) is 4.39 Å². The van der Waals surface area contributed by atoms with Crippen LogP contribution in [0.2, 0.25) is 0 Å². The monoisotopic (exact) mass is 403 g/mol. The molecule has 2 heterocycles. The Balaban J connectivity index is 1.68. The zero-order chi connectivity index (χ0) is 20.5. The largest absolute Gasteiger partial charge is 0.379 e. The molecule has 0 aliphatic carbocycles. The van der Waals surface area contributed by atoms with Gasteiger partial charge in [0.1, 0.15) is 12.4 Å². The van der Waals surface area contributed by atoms with Gasteiger partial charge in [0.25, 0.3) is 0 Å². The molecule has 0 saturated carbocycles. The number of benzene rings is 1. The highest BCUT2D eigenvalue weighted by molar-refractivity contribution is 5.79. The Morgan fingerprint density at radius 2 is 1.97 bits per heavy atom. The first-order valence-corrected chi connectivity index (χ1v) is 10.2. The summed E-state index contributed by atoms with van der Waals surface area (Å²) in [5.41, 5.74) is 2.00. The van der Waals surface area contributed by atoms with Crippen LogP contribution in [0.3, 0.4) is 0 Å². The first-order chi connectivity index (χ1) is 14.2. The minimum Gasteiger partial charge on any atom is -0.379 e. The molecule has 1 aromatic heterocycles. The van der Waals surface area contributed by atoms with Crippen molar-refractivity contribution in [2.45, 2.75) is 32.9 Å². The van der Waals surface area contributed by atoms with Crippen molar-refractivity contribution >= 4 is 5.96 Å². The Kier molecular flexibility index (Phi) is 8.01. The number of aryl methyl sites for hydroxylation is 1. The summed E-state index contributed by atoms with van der Waals surface area (Å²) in [6.45, 7) is 8.98. The molecule has 2 aromatic rings. The van der Waals surface area contributed by atoms with Crippen molar-refractivity contribution in [2.24, 2.45) is 4.99 Å². The summed E-state index contributed by atoms with van der Waals surface area (Å²) in [6.07, 6.45) is 0.838. The lowest BCUT2D eigenvalue weighted by Gasteiger charge is -2.35. The number of aromatic nitrogens is 1. The van der Waals surface area contributed by atoms with Gasteiger partial charge in [-0.3, -0.25) is 4.90 Å². The van der Waals surface area contributed by atoms with E-state index in [0.717, 1.165) is 43.1 Å². The smallest absolute Gasteiger partial charge is 0.191 e. The molecule has 1 atom stereocenters. The highest BCUT2D eigenvalue weighted by Gasteiger charge is 2.23. The van der Waals surface area contributed by atoms with Crippen LogP contribution in [0.25, 0.3) is 0 Å². The topological polar surface area (TPSA) is 74.9 Å². The normalized spacial score (nSPS) is 16.6. The van der Waals surface area contributed by atoms with Crippen LogP contribution in [-0.2, 0) is 17.7 Å². The molecule has 0 radical (unpaired) electrons. The number of halogens is 1. The van der Waals surface area contributed by atoms with Crippen molar-refractivity contribution in [3.05, 3.63) is 53.2 Å². The molecule has 29 heavy (non-hydrogen) atoms. The zero-order valence-electron chi connectivity index (χ0n) is 17.2. The number of nitrogens with zero attached hydrogens (tertiary/aromatic N) is 3. The number of guanidine groups is 1. The second-order valence-electron chi connectivity index (χ2n) is 6.93. The van der Waals surface area contributed by atoms with Crippen LogP contribution in [-0.4, -0.2) is 55.4 Å². The standard InChI is InChI=1S/C21H30FN5O2/c1-3-18-13-19(29-26-18)14-24-21(23-4-2)25-15-20(27-9-11-28-12-10-27)16-5-7-17(22)8-6-16/h5-8,13,20H,3-4,9-12,14-15H2,1-2H3,(H2,23,24,25). The summed E-state index contributed by atoms with van der Waals surface area (Å²) in [7, 11) is 0. The molecular weight excluding hydrogens is 373 g/mol. The second-order valence-corrected chi connectivity index (χ2v) is 6.93. The van der Waals surface area contributed by atoms with Crippen molar-refractivity contribution in [3.63, 3.8) is 0 Å². The van der Waals surface area contributed by atoms with Crippen LogP contribution in [0.1, 0.15) is 36.9 Å². The van der Waals surface area contributed by atoms with E-state index in [1.165, 1.54) is 12.1 Å². The van der Waals surface area contributed by atoms with Crippen molar-refractivity contribution in [3.8, 4) is 0 Å². The minimum absolute atomic E-state index is 0.0975. The fourth-order valence-corrected chi connectivity index (χ4v) is 3.32. The summed E-state index contributed by atoms with van der Waals surface area (Å²) in [4.78, 5) is 6.97. The van der Waals surface area contributed by atoms with Gasteiger partial charge in [-0.25, -0.2) is 9.38 Å². The summed E-state index contributed by atoms with van der Waals surface area (Å²) in [5.74, 6) is 1.22. The molecule has 1 aliphatic heterocycles. The molecule has 0 amide bonds. The zero-order valence-corrected chi connectivity index (χ0v) is 17.2.